The third-order valence-electron chi connectivity index (χ3n) is 3.50. The summed E-state index contributed by atoms with van der Waals surface area (Å²) in [7, 11) is 0. The number of aromatic nitrogens is 3. The minimum Gasteiger partial charge on any atom is -0.387 e. The van der Waals surface area contributed by atoms with Crippen LogP contribution in [0.4, 0.5) is 0 Å². The van der Waals surface area contributed by atoms with Gasteiger partial charge in [0.15, 0.2) is 0 Å². The van der Waals surface area contributed by atoms with Crippen molar-refractivity contribution in [3.05, 3.63) is 78.6 Å². The number of nitrogens with one attached hydrogen (secondary N) is 1. The first-order chi connectivity index (χ1) is 10.8. The molecule has 2 N–H and O–H groups in total. The van der Waals surface area contributed by atoms with Gasteiger partial charge in [-0.2, -0.15) is 0 Å². The zero-order chi connectivity index (χ0) is 15.2. The molecule has 0 amide bonds. The van der Waals surface area contributed by atoms with E-state index in [-0.39, 0.29) is 0 Å². The lowest BCUT2D eigenvalue weighted by atomic mass is 10.1. The Morgan fingerprint density at radius 3 is 2.45 bits per heavy atom. The Kier molecular flexibility index (Phi) is 4.58. The summed E-state index contributed by atoms with van der Waals surface area (Å²) in [5.74, 6) is 0. The van der Waals surface area contributed by atoms with Gasteiger partial charge < -0.3 is 15.0 Å². The van der Waals surface area contributed by atoms with Crippen LogP contribution in [-0.4, -0.2) is 26.2 Å². The van der Waals surface area contributed by atoms with Crippen molar-refractivity contribution >= 4 is 0 Å². The highest BCUT2D eigenvalue weighted by molar-refractivity contribution is 5.34. The largest absolute Gasteiger partial charge is 0.387 e. The van der Waals surface area contributed by atoms with Crippen molar-refractivity contribution in [2.45, 2.75) is 12.6 Å². The molecular formula is C17H18N4O. The molecule has 5 nitrogen and oxygen atoms in total. The lowest BCUT2D eigenvalue weighted by Gasteiger charge is -2.12. The Hall–Kier alpha value is -2.50. The van der Waals surface area contributed by atoms with Crippen molar-refractivity contribution in [1.82, 2.24) is 19.9 Å². The summed E-state index contributed by atoms with van der Waals surface area (Å²) < 4.78 is 1.96. The van der Waals surface area contributed by atoms with E-state index >= 15 is 0 Å². The van der Waals surface area contributed by atoms with Gasteiger partial charge in [-0.1, -0.05) is 12.1 Å². The Morgan fingerprint density at radius 2 is 1.77 bits per heavy atom. The minimum atomic E-state index is -0.520. The van der Waals surface area contributed by atoms with Crippen molar-refractivity contribution in [3.8, 4) is 5.69 Å². The molecule has 0 radical (unpaired) electrons. The summed E-state index contributed by atoms with van der Waals surface area (Å²) in [6, 6.07) is 11.9. The second-order valence-corrected chi connectivity index (χ2v) is 5.06. The molecule has 1 atom stereocenters. The third kappa shape index (κ3) is 3.58. The summed E-state index contributed by atoms with van der Waals surface area (Å²) in [5, 5.41) is 13.3. The van der Waals surface area contributed by atoms with Crippen molar-refractivity contribution in [2.75, 3.05) is 6.54 Å². The fraction of sp³-hybridized carbons (Fsp3) is 0.176. The van der Waals surface area contributed by atoms with Gasteiger partial charge in [-0.05, 0) is 35.4 Å². The molecule has 1 unspecified atom stereocenters. The van der Waals surface area contributed by atoms with Crippen LogP contribution < -0.4 is 5.32 Å². The van der Waals surface area contributed by atoms with E-state index in [2.05, 4.69) is 39.6 Å². The van der Waals surface area contributed by atoms with Gasteiger partial charge in [0.25, 0.3) is 0 Å². The number of nitrogens with zero attached hydrogens (tertiary/aromatic N) is 3. The van der Waals surface area contributed by atoms with E-state index in [1.165, 1.54) is 5.56 Å². The molecule has 0 aliphatic heterocycles. The molecular weight excluding hydrogens is 276 g/mol. The summed E-state index contributed by atoms with van der Waals surface area (Å²) >= 11 is 0. The average Bonchev–Trinajstić information content (AvgIpc) is 3.11. The number of hydrogen-bond acceptors (Lipinski definition) is 4. The number of pyridine rings is 1. The SMILES string of the molecule is OC(CNCc1ccc(-n2ccnc2)cc1)c1ccncc1. The number of rotatable bonds is 6. The van der Waals surface area contributed by atoms with E-state index in [1.807, 2.05) is 22.9 Å². The summed E-state index contributed by atoms with van der Waals surface area (Å²) in [6.07, 6.45) is 8.31. The first-order valence-corrected chi connectivity index (χ1v) is 7.19. The molecule has 3 aromatic rings. The Morgan fingerprint density at radius 1 is 1.00 bits per heavy atom. The number of aliphatic hydroxyl groups excluding tert-OH is 1. The molecule has 5 heteroatoms. The third-order valence-corrected chi connectivity index (χ3v) is 3.50. The highest BCUT2D eigenvalue weighted by Crippen LogP contribution is 2.11. The fourth-order valence-electron chi connectivity index (χ4n) is 2.25. The smallest absolute Gasteiger partial charge is 0.0991 e. The van der Waals surface area contributed by atoms with Crippen LogP contribution >= 0.6 is 0 Å². The highest BCUT2D eigenvalue weighted by atomic mass is 16.3. The van der Waals surface area contributed by atoms with Crippen LogP contribution in [-0.2, 0) is 6.54 Å². The van der Waals surface area contributed by atoms with Crippen molar-refractivity contribution < 1.29 is 5.11 Å². The van der Waals surface area contributed by atoms with Gasteiger partial charge in [0.1, 0.15) is 0 Å². The van der Waals surface area contributed by atoms with E-state index in [0.29, 0.717) is 13.1 Å². The Labute approximate surface area is 129 Å². The molecule has 0 aliphatic carbocycles. The van der Waals surface area contributed by atoms with Gasteiger partial charge >= 0.3 is 0 Å². The molecule has 2 aromatic heterocycles. The standard InChI is InChI=1S/C17H18N4O/c22-17(15-5-7-18-8-6-15)12-20-11-14-1-3-16(4-2-14)21-10-9-19-13-21/h1-10,13,17,20,22H,11-12H2. The van der Waals surface area contributed by atoms with E-state index in [9.17, 15) is 5.11 Å². The van der Waals surface area contributed by atoms with Gasteiger partial charge in [0.05, 0.1) is 12.4 Å². The van der Waals surface area contributed by atoms with Gasteiger partial charge in [0.2, 0.25) is 0 Å². The van der Waals surface area contributed by atoms with E-state index in [0.717, 1.165) is 11.3 Å². The number of imidazole rings is 1. The maximum Gasteiger partial charge on any atom is 0.0991 e. The maximum atomic E-state index is 10.1. The normalized spacial score (nSPS) is 12.2. The zero-order valence-electron chi connectivity index (χ0n) is 12.1. The predicted octanol–water partition coefficient (Wildman–Crippen LogP) is 2.09. The molecule has 1 aromatic carbocycles. The van der Waals surface area contributed by atoms with Crippen LogP contribution in [0.25, 0.3) is 5.69 Å². The highest BCUT2D eigenvalue weighted by Gasteiger charge is 2.06. The molecule has 112 valence electrons. The van der Waals surface area contributed by atoms with Crippen LogP contribution in [0.5, 0.6) is 0 Å². The number of aliphatic hydroxyl groups is 1. The Bertz CT molecular complexity index is 680. The molecule has 3 rings (SSSR count). The van der Waals surface area contributed by atoms with Gasteiger partial charge in [-0.25, -0.2) is 4.98 Å². The van der Waals surface area contributed by atoms with Crippen LogP contribution in [0.1, 0.15) is 17.2 Å². The van der Waals surface area contributed by atoms with Gasteiger partial charge in [-0.3, -0.25) is 4.98 Å². The molecule has 22 heavy (non-hydrogen) atoms. The lowest BCUT2D eigenvalue weighted by molar-refractivity contribution is 0.174. The molecule has 0 spiro atoms. The fourth-order valence-corrected chi connectivity index (χ4v) is 2.25. The molecule has 0 saturated heterocycles. The van der Waals surface area contributed by atoms with Crippen molar-refractivity contribution in [3.63, 3.8) is 0 Å². The van der Waals surface area contributed by atoms with Gasteiger partial charge in [-0.15, -0.1) is 0 Å². The topological polar surface area (TPSA) is 63.0 Å². The predicted molar refractivity (Wildman–Crippen MR) is 84.5 cm³/mol. The second kappa shape index (κ2) is 6.98. The van der Waals surface area contributed by atoms with Crippen LogP contribution in [0.2, 0.25) is 0 Å². The Balaban J connectivity index is 1.52. The van der Waals surface area contributed by atoms with E-state index < -0.39 is 6.10 Å². The quantitative estimate of drug-likeness (QED) is 0.731. The first kappa shape index (κ1) is 14.4. The summed E-state index contributed by atoms with van der Waals surface area (Å²) in [5.41, 5.74) is 3.13. The van der Waals surface area contributed by atoms with E-state index in [1.54, 1.807) is 24.9 Å². The molecule has 0 fully saturated rings. The minimum absolute atomic E-state index is 0.507. The molecule has 0 saturated carbocycles. The first-order valence-electron chi connectivity index (χ1n) is 7.19. The summed E-state index contributed by atoms with van der Waals surface area (Å²) in [4.78, 5) is 7.98. The zero-order valence-corrected chi connectivity index (χ0v) is 12.1. The number of hydrogen-bond donors (Lipinski definition) is 2. The van der Waals surface area contributed by atoms with Crippen LogP contribution in [0.15, 0.2) is 67.5 Å². The van der Waals surface area contributed by atoms with Crippen molar-refractivity contribution in [1.29, 1.82) is 0 Å². The van der Waals surface area contributed by atoms with Crippen LogP contribution in [0.3, 0.4) is 0 Å². The summed E-state index contributed by atoms with van der Waals surface area (Å²) in [6.45, 7) is 1.22. The number of benzene rings is 1. The maximum absolute atomic E-state index is 10.1. The molecule has 0 aliphatic rings. The van der Waals surface area contributed by atoms with Crippen molar-refractivity contribution in [2.24, 2.45) is 0 Å². The van der Waals surface area contributed by atoms with Crippen LogP contribution in [0, 0.1) is 0 Å². The second-order valence-electron chi connectivity index (χ2n) is 5.06. The monoisotopic (exact) mass is 294 g/mol. The lowest BCUT2D eigenvalue weighted by Crippen LogP contribution is -2.21. The van der Waals surface area contributed by atoms with Gasteiger partial charge in [0, 0.05) is 43.6 Å². The molecule has 0 bridgehead atoms. The average molecular weight is 294 g/mol. The molecule has 2 heterocycles. The van der Waals surface area contributed by atoms with E-state index in [4.69, 9.17) is 0 Å².